The molecule has 1 amide bonds. The van der Waals surface area contributed by atoms with E-state index >= 15 is 0 Å². The third-order valence-corrected chi connectivity index (χ3v) is 3.28. The highest BCUT2D eigenvalue weighted by Crippen LogP contribution is 2.11. The van der Waals surface area contributed by atoms with Crippen LogP contribution in [0, 0.1) is 0 Å². The number of amides is 1. The number of hydrazine groups is 1. The molecule has 0 saturated heterocycles. The second kappa shape index (κ2) is 6.15. The number of hydrazone groups is 1. The van der Waals surface area contributed by atoms with Crippen LogP contribution in [0.3, 0.4) is 0 Å². The third kappa shape index (κ3) is 3.11. The maximum absolute atomic E-state index is 12.0. The van der Waals surface area contributed by atoms with Crippen LogP contribution < -0.4 is 21.9 Å². The molecule has 6 nitrogen and oxygen atoms in total. The first-order valence-corrected chi connectivity index (χ1v) is 6.92. The predicted molar refractivity (Wildman–Crippen MR) is 85.7 cm³/mol. The third-order valence-electron chi connectivity index (χ3n) is 3.28. The van der Waals surface area contributed by atoms with Gasteiger partial charge in [0.2, 0.25) is 0 Å². The van der Waals surface area contributed by atoms with E-state index in [0.29, 0.717) is 11.1 Å². The fraction of sp³-hybridized carbons (Fsp3) is 0. The van der Waals surface area contributed by atoms with Crippen LogP contribution in [0.25, 0.3) is 11.0 Å². The molecule has 0 bridgehead atoms. The van der Waals surface area contributed by atoms with Crippen molar-refractivity contribution in [3.63, 3.8) is 0 Å². The summed E-state index contributed by atoms with van der Waals surface area (Å²) in [7, 11) is 0. The molecule has 1 heterocycles. The van der Waals surface area contributed by atoms with E-state index in [0.717, 1.165) is 5.39 Å². The number of hydrogen-bond donors (Lipinski definition) is 3. The number of para-hydroxylation sites is 1. The van der Waals surface area contributed by atoms with Crippen molar-refractivity contribution >= 4 is 22.7 Å². The molecular formula is C17H14N3O3+. The molecule has 6 heteroatoms. The molecule has 3 rings (SSSR count). The number of amidine groups is 1. The van der Waals surface area contributed by atoms with E-state index in [1.807, 2.05) is 12.1 Å². The highest BCUT2D eigenvalue weighted by atomic mass is 16.4. The van der Waals surface area contributed by atoms with Gasteiger partial charge in [-0.05, 0) is 24.3 Å². The minimum Gasteiger partial charge on any atom is -0.422 e. The minimum absolute atomic E-state index is 0.00813. The molecule has 4 N–H and O–H groups in total. The van der Waals surface area contributed by atoms with Crippen LogP contribution in [0.1, 0.15) is 15.9 Å². The molecule has 0 saturated carbocycles. The Morgan fingerprint density at radius 3 is 2.52 bits per heavy atom. The average molecular weight is 308 g/mol. The lowest BCUT2D eigenvalue weighted by molar-refractivity contribution is -0.508. The molecule has 0 unspecified atom stereocenters. The Balaban J connectivity index is 1.88. The van der Waals surface area contributed by atoms with E-state index in [1.165, 1.54) is 0 Å². The smallest absolute Gasteiger partial charge is 0.352 e. The number of carbonyl (C=O) groups is 1. The van der Waals surface area contributed by atoms with Crippen molar-refractivity contribution in [2.45, 2.75) is 0 Å². The van der Waals surface area contributed by atoms with Gasteiger partial charge in [-0.2, -0.15) is 10.5 Å². The van der Waals surface area contributed by atoms with Gasteiger partial charge in [-0.25, -0.2) is 4.79 Å². The lowest BCUT2D eigenvalue weighted by Gasteiger charge is -2.00. The maximum Gasteiger partial charge on any atom is 0.352 e. The van der Waals surface area contributed by atoms with Gasteiger partial charge in [-0.1, -0.05) is 36.4 Å². The first-order chi connectivity index (χ1) is 11.1. The summed E-state index contributed by atoms with van der Waals surface area (Å²) in [5.74, 6) is -0.354. The summed E-state index contributed by atoms with van der Waals surface area (Å²) < 4.78 is 5.20. The van der Waals surface area contributed by atoms with Crippen LogP contribution in [-0.2, 0) is 0 Å². The van der Waals surface area contributed by atoms with Gasteiger partial charge in [-0.3, -0.25) is 10.5 Å². The maximum atomic E-state index is 12.0. The fourth-order valence-corrected chi connectivity index (χ4v) is 2.10. The van der Waals surface area contributed by atoms with Crippen LogP contribution in [0.4, 0.5) is 0 Å². The molecular weight excluding hydrogens is 294 g/mol. The van der Waals surface area contributed by atoms with E-state index in [1.54, 1.807) is 48.5 Å². The van der Waals surface area contributed by atoms with E-state index in [9.17, 15) is 9.59 Å². The molecule has 0 aliphatic rings. The summed E-state index contributed by atoms with van der Waals surface area (Å²) in [5.41, 5.74) is 8.80. The van der Waals surface area contributed by atoms with Crippen molar-refractivity contribution in [1.82, 2.24) is 5.43 Å². The van der Waals surface area contributed by atoms with Crippen molar-refractivity contribution in [3.8, 4) is 0 Å². The Bertz CT molecular complexity index is 946. The summed E-state index contributed by atoms with van der Waals surface area (Å²) in [6, 6.07) is 17.3. The van der Waals surface area contributed by atoms with Gasteiger partial charge in [0.25, 0.3) is 5.91 Å². The summed E-state index contributed by atoms with van der Waals surface area (Å²) in [6.07, 6.45) is 0. The van der Waals surface area contributed by atoms with Crippen LogP contribution in [0.5, 0.6) is 0 Å². The lowest BCUT2D eigenvalue weighted by Crippen LogP contribution is -2.86. The lowest BCUT2D eigenvalue weighted by atomic mass is 10.2. The van der Waals surface area contributed by atoms with Crippen LogP contribution in [-0.4, -0.2) is 11.7 Å². The number of fused-ring (bicyclic) bond motifs is 1. The highest BCUT2D eigenvalue weighted by molar-refractivity contribution is 5.97. The Labute approximate surface area is 131 Å². The van der Waals surface area contributed by atoms with Gasteiger partial charge < -0.3 is 4.42 Å². The average Bonchev–Trinajstić information content (AvgIpc) is 2.59. The van der Waals surface area contributed by atoms with Gasteiger partial charge in [-0.15, -0.1) is 0 Å². The SMILES string of the molecule is NC(=[NH+]NC(=O)c1ccccc1)c1cc2ccccc2oc1=O. The monoisotopic (exact) mass is 308 g/mol. The summed E-state index contributed by atoms with van der Waals surface area (Å²) in [5, 5.41) is 3.27. The Morgan fingerprint density at radius 2 is 1.74 bits per heavy atom. The topological polar surface area (TPSA) is 99.3 Å². The van der Waals surface area contributed by atoms with Crippen LogP contribution >= 0.6 is 0 Å². The van der Waals surface area contributed by atoms with Crippen molar-refractivity contribution in [3.05, 3.63) is 82.2 Å². The molecule has 3 aromatic rings. The van der Waals surface area contributed by atoms with E-state index in [-0.39, 0.29) is 17.3 Å². The number of carbonyl (C=O) groups excluding carboxylic acids is 1. The van der Waals surface area contributed by atoms with Crippen molar-refractivity contribution < 1.29 is 14.3 Å². The Kier molecular flexibility index (Phi) is 3.88. The van der Waals surface area contributed by atoms with Gasteiger partial charge >= 0.3 is 11.5 Å². The number of nitrogens with two attached hydrogens (primary N) is 1. The fourth-order valence-electron chi connectivity index (χ4n) is 2.10. The normalized spacial score (nSPS) is 11.4. The zero-order chi connectivity index (χ0) is 16.2. The first-order valence-electron chi connectivity index (χ1n) is 6.92. The first kappa shape index (κ1) is 14.5. The molecule has 0 radical (unpaired) electrons. The largest absolute Gasteiger partial charge is 0.422 e. The van der Waals surface area contributed by atoms with Crippen LogP contribution in [0.15, 0.2) is 69.9 Å². The standard InChI is InChI=1S/C17H13N3O3/c18-15(19-20-16(21)11-6-2-1-3-7-11)13-10-12-8-4-5-9-14(12)23-17(13)22/h1-10H,(H2,18,19)(H,20,21)/p+1. The predicted octanol–water partition coefficient (Wildman–Crippen LogP) is -0.0761. The molecule has 0 aliphatic heterocycles. The zero-order valence-corrected chi connectivity index (χ0v) is 12.1. The number of nitrogen functional groups attached to an aromatic ring is 1. The highest BCUT2D eigenvalue weighted by Gasteiger charge is 2.14. The van der Waals surface area contributed by atoms with Crippen LogP contribution in [0.2, 0.25) is 0 Å². The molecule has 23 heavy (non-hydrogen) atoms. The van der Waals surface area contributed by atoms with Crippen molar-refractivity contribution in [2.75, 3.05) is 0 Å². The number of rotatable bonds is 3. The molecule has 0 aliphatic carbocycles. The number of nitrogens with one attached hydrogen (secondary N) is 2. The summed E-state index contributed by atoms with van der Waals surface area (Å²) >= 11 is 0. The molecule has 2 aromatic carbocycles. The van der Waals surface area contributed by atoms with Gasteiger partial charge in [0.05, 0.1) is 0 Å². The molecule has 114 valence electrons. The Hall–Kier alpha value is -3.41. The van der Waals surface area contributed by atoms with E-state index in [2.05, 4.69) is 10.5 Å². The van der Waals surface area contributed by atoms with E-state index < -0.39 is 5.63 Å². The summed E-state index contributed by atoms with van der Waals surface area (Å²) in [6.45, 7) is 0. The second-order valence-corrected chi connectivity index (χ2v) is 4.84. The van der Waals surface area contributed by atoms with E-state index in [4.69, 9.17) is 10.2 Å². The molecule has 0 atom stereocenters. The molecule has 0 spiro atoms. The summed E-state index contributed by atoms with van der Waals surface area (Å²) in [4.78, 5) is 23.9. The molecule has 0 fully saturated rings. The number of benzene rings is 2. The number of hydrogen-bond acceptors (Lipinski definition) is 3. The second-order valence-electron chi connectivity index (χ2n) is 4.84. The van der Waals surface area contributed by atoms with Gasteiger partial charge in [0.15, 0.2) is 5.56 Å². The molecule has 1 aromatic heterocycles. The zero-order valence-electron chi connectivity index (χ0n) is 12.1. The van der Waals surface area contributed by atoms with Gasteiger partial charge in [0.1, 0.15) is 5.58 Å². The van der Waals surface area contributed by atoms with Gasteiger partial charge in [0, 0.05) is 10.9 Å². The minimum atomic E-state index is -0.581. The van der Waals surface area contributed by atoms with Crippen molar-refractivity contribution in [2.24, 2.45) is 5.73 Å². The van der Waals surface area contributed by atoms with Crippen molar-refractivity contribution in [1.29, 1.82) is 0 Å². The quantitative estimate of drug-likeness (QED) is 0.273. The Morgan fingerprint density at radius 1 is 1.04 bits per heavy atom.